The predicted molar refractivity (Wildman–Crippen MR) is 72.0 cm³/mol. The highest BCUT2D eigenvalue weighted by Gasteiger charge is 2.12. The number of hydrogen-bond acceptors (Lipinski definition) is 2. The zero-order chi connectivity index (χ0) is 12.7. The van der Waals surface area contributed by atoms with Crippen LogP contribution >= 0.6 is 23.2 Å². The Morgan fingerprint density at radius 1 is 1.24 bits per heavy atom. The number of hydrogen-bond donors (Lipinski definition) is 0. The monoisotopic (exact) mass is 276 g/mol. The van der Waals surface area contributed by atoms with Gasteiger partial charge in [0, 0.05) is 18.1 Å². The molecule has 1 aromatic carbocycles. The van der Waals surface area contributed by atoms with Gasteiger partial charge in [0.15, 0.2) is 6.29 Å². The number of halogens is 2. The molecule has 0 bridgehead atoms. The van der Waals surface area contributed by atoms with Crippen molar-refractivity contribution in [2.75, 3.05) is 6.61 Å². The standard InChI is InChI=1S/C13H18Cl2O2/c1-3-5-6-13(16-4-2)17-12-8-7-10(14)9-11(12)15/h7-9,13H,3-6H2,1-2H3. The minimum absolute atomic E-state index is 0.237. The first kappa shape index (κ1) is 14.6. The first-order valence-electron chi connectivity index (χ1n) is 5.90. The van der Waals surface area contributed by atoms with Gasteiger partial charge in [0.05, 0.1) is 5.02 Å². The first-order valence-corrected chi connectivity index (χ1v) is 6.66. The van der Waals surface area contributed by atoms with E-state index in [-0.39, 0.29) is 6.29 Å². The van der Waals surface area contributed by atoms with Crippen molar-refractivity contribution in [3.8, 4) is 5.75 Å². The number of ether oxygens (including phenoxy) is 2. The number of benzene rings is 1. The fourth-order valence-electron chi connectivity index (χ4n) is 1.45. The maximum atomic E-state index is 6.04. The van der Waals surface area contributed by atoms with Gasteiger partial charge in [0.2, 0.25) is 0 Å². The summed E-state index contributed by atoms with van der Waals surface area (Å²) in [5, 5.41) is 1.11. The van der Waals surface area contributed by atoms with E-state index >= 15 is 0 Å². The molecule has 0 aliphatic carbocycles. The molecule has 0 saturated heterocycles. The molecule has 0 radical (unpaired) electrons. The minimum Gasteiger partial charge on any atom is -0.463 e. The molecule has 0 aliphatic rings. The third-order valence-electron chi connectivity index (χ3n) is 2.30. The summed E-state index contributed by atoms with van der Waals surface area (Å²) in [6.07, 6.45) is 2.80. The predicted octanol–water partition coefficient (Wildman–Crippen LogP) is 4.93. The molecule has 0 N–H and O–H groups in total. The van der Waals surface area contributed by atoms with Crippen LogP contribution in [0, 0.1) is 0 Å². The van der Waals surface area contributed by atoms with E-state index in [0.29, 0.717) is 22.4 Å². The normalized spacial score (nSPS) is 12.5. The Labute approximate surface area is 113 Å². The van der Waals surface area contributed by atoms with Crippen LogP contribution in [0.15, 0.2) is 18.2 Å². The van der Waals surface area contributed by atoms with Crippen LogP contribution in [-0.4, -0.2) is 12.9 Å². The van der Waals surface area contributed by atoms with Gasteiger partial charge in [0.25, 0.3) is 0 Å². The molecule has 2 nitrogen and oxygen atoms in total. The molecule has 0 saturated carbocycles. The third kappa shape index (κ3) is 5.15. The van der Waals surface area contributed by atoms with Crippen LogP contribution in [0.3, 0.4) is 0 Å². The van der Waals surface area contributed by atoms with Crippen LogP contribution < -0.4 is 4.74 Å². The van der Waals surface area contributed by atoms with E-state index in [1.165, 1.54) is 0 Å². The Morgan fingerprint density at radius 3 is 2.59 bits per heavy atom. The van der Waals surface area contributed by atoms with E-state index in [4.69, 9.17) is 32.7 Å². The van der Waals surface area contributed by atoms with Crippen molar-refractivity contribution in [3.63, 3.8) is 0 Å². The molecular formula is C13H18Cl2O2. The minimum atomic E-state index is -0.237. The van der Waals surface area contributed by atoms with Gasteiger partial charge >= 0.3 is 0 Å². The topological polar surface area (TPSA) is 18.5 Å². The van der Waals surface area contributed by atoms with E-state index < -0.39 is 0 Å². The summed E-state index contributed by atoms with van der Waals surface area (Å²) in [6.45, 7) is 4.71. The van der Waals surface area contributed by atoms with Gasteiger partial charge in [-0.1, -0.05) is 36.5 Å². The summed E-state index contributed by atoms with van der Waals surface area (Å²) in [7, 11) is 0. The van der Waals surface area contributed by atoms with Crippen molar-refractivity contribution in [2.45, 2.75) is 39.4 Å². The van der Waals surface area contributed by atoms with Crippen LogP contribution in [0.1, 0.15) is 33.1 Å². The molecule has 4 heteroatoms. The maximum Gasteiger partial charge on any atom is 0.199 e. The summed E-state index contributed by atoms with van der Waals surface area (Å²) >= 11 is 11.9. The van der Waals surface area contributed by atoms with Crippen molar-refractivity contribution in [1.29, 1.82) is 0 Å². The largest absolute Gasteiger partial charge is 0.463 e. The quantitative estimate of drug-likeness (QED) is 0.658. The molecule has 0 spiro atoms. The molecule has 17 heavy (non-hydrogen) atoms. The molecule has 1 aromatic rings. The molecule has 1 rings (SSSR count). The molecule has 1 unspecified atom stereocenters. The number of rotatable bonds is 7. The average Bonchev–Trinajstić information content (AvgIpc) is 2.29. The van der Waals surface area contributed by atoms with Crippen molar-refractivity contribution in [3.05, 3.63) is 28.2 Å². The molecular weight excluding hydrogens is 259 g/mol. The molecule has 0 fully saturated rings. The van der Waals surface area contributed by atoms with Crippen LogP contribution in [-0.2, 0) is 4.74 Å². The molecule has 1 atom stereocenters. The highest BCUT2D eigenvalue weighted by atomic mass is 35.5. The van der Waals surface area contributed by atoms with Crippen LogP contribution in [0.5, 0.6) is 5.75 Å². The molecule has 96 valence electrons. The lowest BCUT2D eigenvalue weighted by Gasteiger charge is -2.19. The van der Waals surface area contributed by atoms with Crippen molar-refractivity contribution >= 4 is 23.2 Å². The second kappa shape index (κ2) is 7.80. The second-order valence-electron chi connectivity index (χ2n) is 3.72. The molecule has 0 heterocycles. The van der Waals surface area contributed by atoms with Crippen molar-refractivity contribution in [2.24, 2.45) is 0 Å². The first-order chi connectivity index (χ1) is 8.17. The Morgan fingerprint density at radius 2 is 2.00 bits per heavy atom. The highest BCUT2D eigenvalue weighted by Crippen LogP contribution is 2.29. The molecule has 0 aromatic heterocycles. The van der Waals surface area contributed by atoms with E-state index in [2.05, 4.69) is 6.92 Å². The van der Waals surface area contributed by atoms with Gasteiger partial charge in [-0.15, -0.1) is 0 Å². The maximum absolute atomic E-state index is 6.04. The summed E-state index contributed by atoms with van der Waals surface area (Å²) in [5.74, 6) is 0.616. The van der Waals surface area contributed by atoms with E-state index in [0.717, 1.165) is 19.3 Å². The zero-order valence-electron chi connectivity index (χ0n) is 10.2. The van der Waals surface area contributed by atoms with E-state index in [9.17, 15) is 0 Å². The fraction of sp³-hybridized carbons (Fsp3) is 0.538. The summed E-state index contributed by atoms with van der Waals surface area (Å²) in [5.41, 5.74) is 0. The van der Waals surface area contributed by atoms with Gasteiger partial charge in [-0.25, -0.2) is 0 Å². The van der Waals surface area contributed by atoms with Crippen molar-refractivity contribution < 1.29 is 9.47 Å². The third-order valence-corrected chi connectivity index (χ3v) is 2.83. The van der Waals surface area contributed by atoms with E-state index in [1.807, 2.05) is 6.92 Å². The van der Waals surface area contributed by atoms with Crippen molar-refractivity contribution in [1.82, 2.24) is 0 Å². The average molecular weight is 277 g/mol. The Bertz CT molecular complexity index is 342. The number of unbranched alkanes of at least 4 members (excludes halogenated alkanes) is 1. The lowest BCUT2D eigenvalue weighted by atomic mass is 10.2. The molecule has 0 aliphatic heterocycles. The second-order valence-corrected chi connectivity index (χ2v) is 4.56. The van der Waals surface area contributed by atoms with Gasteiger partial charge in [-0.05, 0) is 31.5 Å². The smallest absolute Gasteiger partial charge is 0.199 e. The van der Waals surface area contributed by atoms with Crippen LogP contribution in [0.4, 0.5) is 0 Å². The lowest BCUT2D eigenvalue weighted by Crippen LogP contribution is -2.20. The fourth-order valence-corrected chi connectivity index (χ4v) is 1.90. The van der Waals surface area contributed by atoms with Gasteiger partial charge in [-0.2, -0.15) is 0 Å². The Kier molecular flexibility index (Phi) is 6.71. The van der Waals surface area contributed by atoms with Gasteiger partial charge < -0.3 is 9.47 Å². The Hall–Kier alpha value is -0.440. The molecule has 0 amide bonds. The highest BCUT2D eigenvalue weighted by molar-refractivity contribution is 6.35. The van der Waals surface area contributed by atoms with Crippen LogP contribution in [0.2, 0.25) is 10.0 Å². The SMILES string of the molecule is CCCCC(OCC)Oc1ccc(Cl)cc1Cl. The van der Waals surface area contributed by atoms with Gasteiger partial charge in [0.1, 0.15) is 5.75 Å². The van der Waals surface area contributed by atoms with Crippen LogP contribution in [0.25, 0.3) is 0 Å². The lowest BCUT2D eigenvalue weighted by molar-refractivity contribution is -0.0805. The summed E-state index contributed by atoms with van der Waals surface area (Å²) in [6, 6.07) is 5.19. The summed E-state index contributed by atoms with van der Waals surface area (Å²) < 4.78 is 11.2. The Balaban J connectivity index is 2.64. The van der Waals surface area contributed by atoms with Gasteiger partial charge in [-0.3, -0.25) is 0 Å². The zero-order valence-corrected chi connectivity index (χ0v) is 11.7. The van der Waals surface area contributed by atoms with E-state index in [1.54, 1.807) is 18.2 Å². The summed E-state index contributed by atoms with van der Waals surface area (Å²) in [4.78, 5) is 0.